The summed E-state index contributed by atoms with van der Waals surface area (Å²) in [4.78, 5) is 0. The van der Waals surface area contributed by atoms with Crippen LogP contribution in [0, 0.1) is 0 Å². The fourth-order valence-electron chi connectivity index (χ4n) is 5.95. The molecule has 0 spiro atoms. The third-order valence-electron chi connectivity index (χ3n) is 9.41. The summed E-state index contributed by atoms with van der Waals surface area (Å²) in [5.74, 6) is 0. The summed E-state index contributed by atoms with van der Waals surface area (Å²) in [5, 5.41) is 0. The topological polar surface area (TPSA) is 0 Å². The molecule has 0 heterocycles. The van der Waals surface area contributed by atoms with Gasteiger partial charge in [0.2, 0.25) is 0 Å². The molecule has 3 aromatic rings. The zero-order chi connectivity index (χ0) is 21.7. The van der Waals surface area contributed by atoms with Gasteiger partial charge in [-0.05, 0) is 78.3 Å². The van der Waals surface area contributed by atoms with Crippen LogP contribution in [0.3, 0.4) is 0 Å². The van der Waals surface area contributed by atoms with Crippen molar-refractivity contribution in [3.63, 3.8) is 0 Å². The van der Waals surface area contributed by atoms with E-state index in [-0.39, 0.29) is 21.7 Å². The Morgan fingerprint density at radius 3 is 1.03 bits per heavy atom. The molecule has 0 aliphatic heterocycles. The van der Waals surface area contributed by atoms with Crippen molar-refractivity contribution < 1.29 is 0 Å². The summed E-state index contributed by atoms with van der Waals surface area (Å²) in [6, 6.07) is 23.2. The molecule has 0 fully saturated rings. The van der Waals surface area contributed by atoms with Gasteiger partial charge in [-0.3, -0.25) is 0 Å². The molecule has 0 amide bonds. The zero-order valence-electron chi connectivity index (χ0n) is 19.8. The average Bonchev–Trinajstić information content (AvgIpc) is 2.71. The molecule has 0 aromatic heterocycles. The van der Waals surface area contributed by atoms with Crippen LogP contribution in [0.15, 0.2) is 60.7 Å². The minimum Gasteiger partial charge on any atom is -0.0619 e. The van der Waals surface area contributed by atoms with E-state index in [1.807, 2.05) is 0 Å². The zero-order valence-corrected chi connectivity index (χ0v) is 19.8. The fraction of sp³-hybridized carbons (Fsp3) is 0.400. The maximum atomic E-state index is 2.54. The van der Waals surface area contributed by atoms with Crippen molar-refractivity contribution >= 4 is 0 Å². The summed E-state index contributed by atoms with van der Waals surface area (Å²) >= 11 is 0. The van der Waals surface area contributed by atoms with Gasteiger partial charge < -0.3 is 0 Å². The highest BCUT2D eigenvalue weighted by Gasteiger charge is 2.49. The Labute approximate surface area is 182 Å². The Balaban J connectivity index is 1.93. The normalized spacial score (nSPS) is 21.1. The molecule has 154 valence electrons. The molecular weight excluding hydrogens is 360 g/mol. The monoisotopic (exact) mass is 394 g/mol. The lowest BCUT2D eigenvalue weighted by Gasteiger charge is -2.51. The minimum absolute atomic E-state index is 0.0395. The van der Waals surface area contributed by atoms with Gasteiger partial charge in [-0.2, -0.15) is 0 Å². The van der Waals surface area contributed by atoms with E-state index in [0.29, 0.717) is 0 Å². The highest BCUT2D eigenvalue weighted by molar-refractivity contribution is 5.86. The van der Waals surface area contributed by atoms with Crippen molar-refractivity contribution in [3.8, 4) is 22.3 Å². The maximum Gasteiger partial charge on any atom is -0.000546 e. The number of hydrogen-bond donors (Lipinski definition) is 0. The molecule has 0 unspecified atom stereocenters. The molecule has 2 aliphatic rings. The lowest BCUT2D eigenvalue weighted by atomic mass is 9.52. The van der Waals surface area contributed by atoms with Crippen molar-refractivity contribution in [2.75, 3.05) is 0 Å². The molecule has 0 radical (unpaired) electrons. The van der Waals surface area contributed by atoms with Crippen molar-refractivity contribution in [1.82, 2.24) is 0 Å². The molecular formula is C30H34. The van der Waals surface area contributed by atoms with Gasteiger partial charge in [0.15, 0.2) is 0 Å². The van der Waals surface area contributed by atoms with E-state index in [2.05, 4.69) is 116 Å². The standard InChI is InChI=1S/C30H34/c1-27(2)23-15-11-9-13-19(23)21-18-26-22(17-25(21)29(27,5)6)20-14-10-12-16-24(20)28(3,4)30(26,7)8/h9-18H,1-8H3. The van der Waals surface area contributed by atoms with Crippen LogP contribution in [0.25, 0.3) is 22.3 Å². The SMILES string of the molecule is CC1(C)c2ccccc2-c2cc3c(cc2C1(C)C)-c1ccccc1C(C)(C)C3(C)C. The molecule has 0 atom stereocenters. The second kappa shape index (κ2) is 5.67. The number of benzene rings is 3. The van der Waals surface area contributed by atoms with Crippen LogP contribution in [0.4, 0.5) is 0 Å². The Kier molecular flexibility index (Phi) is 3.70. The van der Waals surface area contributed by atoms with Crippen molar-refractivity contribution in [1.29, 1.82) is 0 Å². The average molecular weight is 395 g/mol. The molecule has 0 nitrogen and oxygen atoms in total. The summed E-state index contributed by atoms with van der Waals surface area (Å²) in [5.41, 5.74) is 11.8. The maximum absolute atomic E-state index is 2.54. The summed E-state index contributed by atoms with van der Waals surface area (Å²) in [6.45, 7) is 19.4. The predicted octanol–water partition coefficient (Wildman–Crippen LogP) is 8.16. The fourth-order valence-corrected chi connectivity index (χ4v) is 5.95. The number of hydrogen-bond acceptors (Lipinski definition) is 0. The van der Waals surface area contributed by atoms with Crippen LogP contribution >= 0.6 is 0 Å². The quantitative estimate of drug-likeness (QED) is 0.361. The third kappa shape index (κ3) is 2.13. The van der Waals surface area contributed by atoms with Crippen LogP contribution < -0.4 is 0 Å². The largest absolute Gasteiger partial charge is 0.0619 e. The molecule has 2 aliphatic carbocycles. The first-order valence-corrected chi connectivity index (χ1v) is 11.3. The first kappa shape index (κ1) is 19.6. The van der Waals surface area contributed by atoms with Crippen LogP contribution in [-0.2, 0) is 21.7 Å². The summed E-state index contributed by atoms with van der Waals surface area (Å²) in [6.07, 6.45) is 0. The second-order valence-corrected chi connectivity index (χ2v) is 11.5. The van der Waals surface area contributed by atoms with Crippen molar-refractivity contribution in [2.24, 2.45) is 0 Å². The van der Waals surface area contributed by atoms with Crippen LogP contribution in [0.1, 0.15) is 77.6 Å². The van der Waals surface area contributed by atoms with Gasteiger partial charge in [0.25, 0.3) is 0 Å². The second-order valence-electron chi connectivity index (χ2n) is 11.5. The molecule has 3 aromatic carbocycles. The molecule has 0 saturated heterocycles. The van der Waals surface area contributed by atoms with E-state index in [4.69, 9.17) is 0 Å². The highest BCUT2D eigenvalue weighted by Crippen LogP contribution is 2.59. The van der Waals surface area contributed by atoms with Gasteiger partial charge in [0.1, 0.15) is 0 Å². The molecule has 0 N–H and O–H groups in total. The summed E-state index contributed by atoms with van der Waals surface area (Å²) < 4.78 is 0. The molecule has 0 bridgehead atoms. The van der Waals surface area contributed by atoms with Crippen molar-refractivity contribution in [2.45, 2.75) is 77.0 Å². The third-order valence-corrected chi connectivity index (χ3v) is 9.41. The van der Waals surface area contributed by atoms with E-state index in [0.717, 1.165) is 0 Å². The Bertz CT molecular complexity index is 1090. The van der Waals surface area contributed by atoms with E-state index in [1.54, 1.807) is 0 Å². The minimum atomic E-state index is 0.0395. The van der Waals surface area contributed by atoms with Gasteiger partial charge in [-0.25, -0.2) is 0 Å². The Hall–Kier alpha value is -2.34. The van der Waals surface area contributed by atoms with Gasteiger partial charge in [0, 0.05) is 0 Å². The highest BCUT2D eigenvalue weighted by atomic mass is 14.5. The van der Waals surface area contributed by atoms with Gasteiger partial charge in [-0.1, -0.05) is 104 Å². The van der Waals surface area contributed by atoms with E-state index < -0.39 is 0 Å². The lowest BCUT2D eigenvalue weighted by Crippen LogP contribution is -2.45. The first-order valence-electron chi connectivity index (χ1n) is 11.3. The first-order chi connectivity index (χ1) is 13.9. The lowest BCUT2D eigenvalue weighted by molar-refractivity contribution is 0.292. The molecule has 0 heteroatoms. The predicted molar refractivity (Wildman–Crippen MR) is 129 cm³/mol. The molecule has 5 rings (SSSR count). The van der Waals surface area contributed by atoms with E-state index >= 15 is 0 Å². The summed E-state index contributed by atoms with van der Waals surface area (Å²) in [7, 11) is 0. The smallest absolute Gasteiger partial charge is 0.000546 e. The molecule has 30 heavy (non-hydrogen) atoms. The Morgan fingerprint density at radius 2 is 0.667 bits per heavy atom. The Morgan fingerprint density at radius 1 is 0.367 bits per heavy atom. The van der Waals surface area contributed by atoms with Crippen LogP contribution in [0.5, 0.6) is 0 Å². The van der Waals surface area contributed by atoms with Gasteiger partial charge in [0.05, 0.1) is 0 Å². The van der Waals surface area contributed by atoms with E-state index in [1.165, 1.54) is 44.5 Å². The van der Waals surface area contributed by atoms with Crippen LogP contribution in [-0.4, -0.2) is 0 Å². The van der Waals surface area contributed by atoms with Gasteiger partial charge >= 0.3 is 0 Å². The van der Waals surface area contributed by atoms with E-state index in [9.17, 15) is 0 Å². The molecule has 0 saturated carbocycles. The number of rotatable bonds is 0. The van der Waals surface area contributed by atoms with Crippen LogP contribution in [0.2, 0.25) is 0 Å². The van der Waals surface area contributed by atoms with Crippen molar-refractivity contribution in [3.05, 3.63) is 82.9 Å². The van der Waals surface area contributed by atoms with Gasteiger partial charge in [-0.15, -0.1) is 0 Å². The number of fused-ring (bicyclic) bond motifs is 6.